The van der Waals surface area contributed by atoms with E-state index in [4.69, 9.17) is 0 Å². The highest BCUT2D eigenvalue weighted by Crippen LogP contribution is 2.22. The minimum Gasteiger partial charge on any atom is -0.388 e. The molecule has 1 amide bonds. The van der Waals surface area contributed by atoms with Crippen molar-refractivity contribution in [3.8, 4) is 10.6 Å². The minimum atomic E-state index is -0.904. The van der Waals surface area contributed by atoms with Gasteiger partial charge in [-0.1, -0.05) is 13.8 Å². The zero-order chi connectivity index (χ0) is 16.2. The van der Waals surface area contributed by atoms with E-state index in [1.807, 2.05) is 31.4 Å². The highest BCUT2D eigenvalue weighted by atomic mass is 32.1. The zero-order valence-corrected chi connectivity index (χ0v) is 13.9. The molecule has 0 spiro atoms. The van der Waals surface area contributed by atoms with Crippen LogP contribution in [-0.4, -0.2) is 33.1 Å². The second kappa shape index (κ2) is 6.98. The van der Waals surface area contributed by atoms with Crippen molar-refractivity contribution in [2.75, 3.05) is 6.54 Å². The number of hydrogen-bond acceptors (Lipinski definition) is 5. The summed E-state index contributed by atoms with van der Waals surface area (Å²) in [6.45, 7) is 5.81. The van der Waals surface area contributed by atoms with Crippen molar-refractivity contribution in [1.82, 2.24) is 15.3 Å². The molecule has 0 saturated carbocycles. The lowest BCUT2D eigenvalue weighted by Crippen LogP contribution is -2.44. The number of rotatable bonds is 6. The molecule has 0 bridgehead atoms. The highest BCUT2D eigenvalue weighted by molar-refractivity contribution is 7.13. The van der Waals surface area contributed by atoms with Crippen LogP contribution >= 0.6 is 11.3 Å². The number of nitrogens with one attached hydrogen (secondary N) is 1. The maximum Gasteiger partial charge on any atom is 0.226 e. The Morgan fingerprint density at radius 1 is 1.50 bits per heavy atom. The summed E-state index contributed by atoms with van der Waals surface area (Å²) >= 11 is 1.49. The molecule has 2 heterocycles. The Bertz CT molecular complexity index is 623. The third kappa shape index (κ3) is 4.35. The van der Waals surface area contributed by atoms with E-state index in [2.05, 4.69) is 15.3 Å². The Kier molecular flexibility index (Phi) is 5.26. The van der Waals surface area contributed by atoms with E-state index in [9.17, 15) is 9.90 Å². The van der Waals surface area contributed by atoms with E-state index in [1.165, 1.54) is 11.3 Å². The first-order valence-electron chi connectivity index (χ1n) is 7.22. The van der Waals surface area contributed by atoms with E-state index in [0.29, 0.717) is 0 Å². The van der Waals surface area contributed by atoms with Crippen molar-refractivity contribution in [3.05, 3.63) is 35.6 Å². The molecule has 1 unspecified atom stereocenters. The van der Waals surface area contributed by atoms with Gasteiger partial charge in [0.25, 0.3) is 0 Å². The molecule has 0 aliphatic carbocycles. The van der Waals surface area contributed by atoms with Gasteiger partial charge in [-0.25, -0.2) is 4.98 Å². The third-order valence-corrected chi connectivity index (χ3v) is 4.63. The van der Waals surface area contributed by atoms with E-state index in [0.717, 1.165) is 16.3 Å². The molecule has 118 valence electrons. The molecular formula is C16H21N3O2S. The van der Waals surface area contributed by atoms with E-state index >= 15 is 0 Å². The van der Waals surface area contributed by atoms with Crippen molar-refractivity contribution < 1.29 is 9.90 Å². The molecule has 6 heteroatoms. The SMILES string of the molecule is CC(C)C(C)(O)CNC(=O)Cc1csc(-c2cccnc2)n1. The number of carbonyl (C=O) groups is 1. The molecule has 2 rings (SSSR count). The maximum absolute atomic E-state index is 12.0. The van der Waals surface area contributed by atoms with Gasteiger partial charge in [0.05, 0.1) is 17.7 Å². The lowest BCUT2D eigenvalue weighted by molar-refractivity contribution is -0.122. The van der Waals surface area contributed by atoms with Crippen LogP contribution in [0.5, 0.6) is 0 Å². The first-order valence-corrected chi connectivity index (χ1v) is 8.10. The summed E-state index contributed by atoms with van der Waals surface area (Å²) in [5, 5.41) is 15.6. The smallest absolute Gasteiger partial charge is 0.226 e. The first-order chi connectivity index (χ1) is 10.4. The number of aliphatic hydroxyl groups is 1. The molecule has 22 heavy (non-hydrogen) atoms. The van der Waals surface area contributed by atoms with Crippen LogP contribution in [0.2, 0.25) is 0 Å². The molecule has 0 saturated heterocycles. The molecule has 0 fully saturated rings. The van der Waals surface area contributed by atoms with Gasteiger partial charge >= 0.3 is 0 Å². The van der Waals surface area contributed by atoms with Crippen LogP contribution in [-0.2, 0) is 11.2 Å². The summed E-state index contributed by atoms with van der Waals surface area (Å²) in [6.07, 6.45) is 3.68. The second-order valence-electron chi connectivity index (χ2n) is 5.85. The predicted molar refractivity (Wildman–Crippen MR) is 87.5 cm³/mol. The molecular weight excluding hydrogens is 298 g/mol. The van der Waals surface area contributed by atoms with Gasteiger partial charge in [0.1, 0.15) is 5.01 Å². The highest BCUT2D eigenvalue weighted by Gasteiger charge is 2.25. The second-order valence-corrected chi connectivity index (χ2v) is 6.71. The fourth-order valence-electron chi connectivity index (χ4n) is 1.72. The van der Waals surface area contributed by atoms with Gasteiger partial charge in [-0.2, -0.15) is 0 Å². The van der Waals surface area contributed by atoms with Crippen LogP contribution in [0, 0.1) is 5.92 Å². The monoisotopic (exact) mass is 319 g/mol. The molecule has 0 aliphatic rings. The topological polar surface area (TPSA) is 75.1 Å². The van der Waals surface area contributed by atoms with Gasteiger partial charge in [0.15, 0.2) is 0 Å². The Hall–Kier alpha value is -1.79. The molecule has 0 radical (unpaired) electrons. The Balaban J connectivity index is 1.92. The van der Waals surface area contributed by atoms with Crippen LogP contribution in [0.1, 0.15) is 26.5 Å². The van der Waals surface area contributed by atoms with Gasteiger partial charge in [-0.15, -0.1) is 11.3 Å². The first kappa shape index (κ1) is 16.6. The van der Waals surface area contributed by atoms with Gasteiger partial charge in [-0.3, -0.25) is 9.78 Å². The van der Waals surface area contributed by atoms with Gasteiger partial charge in [-0.05, 0) is 25.0 Å². The fraction of sp³-hybridized carbons (Fsp3) is 0.438. The number of aromatic nitrogens is 2. The van der Waals surface area contributed by atoms with Crippen molar-refractivity contribution >= 4 is 17.2 Å². The van der Waals surface area contributed by atoms with Crippen LogP contribution in [0.15, 0.2) is 29.9 Å². The number of pyridine rings is 1. The molecule has 2 aromatic rings. The molecule has 0 aromatic carbocycles. The van der Waals surface area contributed by atoms with Gasteiger partial charge in [0, 0.05) is 29.9 Å². The summed E-state index contributed by atoms with van der Waals surface area (Å²) in [5.74, 6) is -0.0618. The normalized spacial score (nSPS) is 13.9. The zero-order valence-electron chi connectivity index (χ0n) is 13.0. The van der Waals surface area contributed by atoms with Gasteiger partial charge < -0.3 is 10.4 Å². The number of amides is 1. The third-order valence-electron chi connectivity index (χ3n) is 3.69. The summed E-state index contributed by atoms with van der Waals surface area (Å²) in [5.41, 5.74) is 0.769. The Morgan fingerprint density at radius 2 is 2.27 bits per heavy atom. The minimum absolute atomic E-state index is 0.0734. The van der Waals surface area contributed by atoms with Crippen molar-refractivity contribution in [2.24, 2.45) is 5.92 Å². The van der Waals surface area contributed by atoms with Crippen molar-refractivity contribution in [1.29, 1.82) is 0 Å². The number of hydrogen-bond donors (Lipinski definition) is 2. The largest absolute Gasteiger partial charge is 0.388 e. The van der Waals surface area contributed by atoms with E-state index in [1.54, 1.807) is 19.3 Å². The van der Waals surface area contributed by atoms with E-state index < -0.39 is 5.60 Å². The standard InChI is InChI=1S/C16H21N3O2S/c1-11(2)16(3,21)10-18-14(20)7-13-9-22-15(19-13)12-5-4-6-17-8-12/h4-6,8-9,11,21H,7,10H2,1-3H3,(H,18,20). The molecule has 0 aliphatic heterocycles. The average Bonchev–Trinajstić information content (AvgIpc) is 2.94. The number of nitrogens with zero attached hydrogens (tertiary/aromatic N) is 2. The Labute approximate surface area is 134 Å². The molecule has 5 nitrogen and oxygen atoms in total. The van der Waals surface area contributed by atoms with Gasteiger partial charge in [0.2, 0.25) is 5.91 Å². The van der Waals surface area contributed by atoms with E-state index in [-0.39, 0.29) is 24.8 Å². The maximum atomic E-state index is 12.0. The molecule has 2 aromatic heterocycles. The summed E-state index contributed by atoms with van der Waals surface area (Å²) in [7, 11) is 0. The lowest BCUT2D eigenvalue weighted by Gasteiger charge is -2.27. The van der Waals surface area contributed by atoms with Crippen LogP contribution in [0.25, 0.3) is 10.6 Å². The molecule has 1 atom stereocenters. The number of thiazole rings is 1. The molecule has 2 N–H and O–H groups in total. The van der Waals surface area contributed by atoms with Crippen LogP contribution in [0.4, 0.5) is 0 Å². The Morgan fingerprint density at radius 3 is 2.91 bits per heavy atom. The summed E-state index contributed by atoms with van der Waals surface area (Å²) in [6, 6.07) is 3.80. The summed E-state index contributed by atoms with van der Waals surface area (Å²) in [4.78, 5) is 20.5. The quantitative estimate of drug-likeness (QED) is 0.856. The summed E-state index contributed by atoms with van der Waals surface area (Å²) < 4.78 is 0. The van der Waals surface area contributed by atoms with Crippen LogP contribution < -0.4 is 5.32 Å². The number of carbonyl (C=O) groups excluding carboxylic acids is 1. The fourth-order valence-corrected chi connectivity index (χ4v) is 2.53. The van der Waals surface area contributed by atoms with Crippen LogP contribution in [0.3, 0.4) is 0 Å². The lowest BCUT2D eigenvalue weighted by atomic mass is 9.92. The van der Waals surface area contributed by atoms with Crippen molar-refractivity contribution in [2.45, 2.75) is 32.8 Å². The average molecular weight is 319 g/mol. The van der Waals surface area contributed by atoms with Crippen molar-refractivity contribution in [3.63, 3.8) is 0 Å². The predicted octanol–water partition coefficient (Wildman–Crippen LogP) is 2.27.